The molecule has 5 nitrogen and oxygen atoms in total. The Morgan fingerprint density at radius 2 is 2.00 bits per heavy atom. The Kier molecular flexibility index (Phi) is 5.03. The third-order valence-corrected chi connectivity index (χ3v) is 3.71. The monoisotopic (exact) mass is 344 g/mol. The van der Waals surface area contributed by atoms with Gasteiger partial charge in [0.2, 0.25) is 0 Å². The summed E-state index contributed by atoms with van der Waals surface area (Å²) in [6.45, 7) is 2.35. The molecule has 1 aromatic carbocycles. The SMILES string of the molecule is CCON1C=C(OC(=O)Cc2ccccc2)C=C2C1=CC=CN2Cl. The van der Waals surface area contributed by atoms with Gasteiger partial charge in [-0.1, -0.05) is 30.3 Å². The Morgan fingerprint density at radius 3 is 2.75 bits per heavy atom. The van der Waals surface area contributed by atoms with E-state index in [2.05, 4.69) is 0 Å². The van der Waals surface area contributed by atoms with Gasteiger partial charge in [-0.25, -0.2) is 5.06 Å². The highest BCUT2D eigenvalue weighted by molar-refractivity contribution is 6.15. The predicted octanol–water partition coefficient (Wildman–Crippen LogP) is 3.63. The molecule has 0 atom stereocenters. The Morgan fingerprint density at radius 1 is 1.21 bits per heavy atom. The van der Waals surface area contributed by atoms with Crippen molar-refractivity contribution in [3.8, 4) is 0 Å². The number of carbonyl (C=O) groups excluding carboxylic acids is 1. The van der Waals surface area contributed by atoms with Crippen LogP contribution in [0, 0.1) is 0 Å². The van der Waals surface area contributed by atoms with Gasteiger partial charge in [0.25, 0.3) is 0 Å². The number of carbonyl (C=O) groups is 1. The van der Waals surface area contributed by atoms with Gasteiger partial charge in [-0.15, -0.1) is 0 Å². The van der Waals surface area contributed by atoms with Crippen molar-refractivity contribution in [1.82, 2.24) is 9.48 Å². The third-order valence-electron chi connectivity index (χ3n) is 3.42. The van der Waals surface area contributed by atoms with Crippen molar-refractivity contribution in [2.45, 2.75) is 13.3 Å². The summed E-state index contributed by atoms with van der Waals surface area (Å²) in [6, 6.07) is 9.45. The van der Waals surface area contributed by atoms with E-state index in [1.54, 1.807) is 23.5 Å². The Balaban J connectivity index is 1.76. The average molecular weight is 345 g/mol. The molecule has 0 bridgehead atoms. The summed E-state index contributed by atoms with van der Waals surface area (Å²) in [7, 11) is 0. The standard InChI is InChI=1S/C18H17ClN2O3/c1-2-23-21-13-15(12-17-16(21)9-6-10-20(17)19)24-18(22)11-14-7-4-3-5-8-14/h3-10,12-13H,2,11H2,1H3. The van der Waals surface area contributed by atoms with Gasteiger partial charge in [-0.3, -0.25) is 14.1 Å². The summed E-state index contributed by atoms with van der Waals surface area (Å²) >= 11 is 6.17. The molecule has 2 heterocycles. The minimum absolute atomic E-state index is 0.198. The van der Waals surface area contributed by atoms with Gasteiger partial charge in [0.05, 0.1) is 30.6 Å². The number of ether oxygens (including phenoxy) is 1. The zero-order chi connectivity index (χ0) is 16.9. The maximum absolute atomic E-state index is 12.2. The maximum Gasteiger partial charge on any atom is 0.315 e. The van der Waals surface area contributed by atoms with E-state index in [0.29, 0.717) is 18.1 Å². The molecule has 0 radical (unpaired) electrons. The second-order valence-corrected chi connectivity index (χ2v) is 5.51. The summed E-state index contributed by atoms with van der Waals surface area (Å²) in [5.41, 5.74) is 2.35. The summed E-state index contributed by atoms with van der Waals surface area (Å²) in [5, 5.41) is 1.55. The van der Waals surface area contributed by atoms with Crippen LogP contribution < -0.4 is 0 Å². The maximum atomic E-state index is 12.2. The average Bonchev–Trinajstić information content (AvgIpc) is 2.57. The van der Waals surface area contributed by atoms with Crippen molar-refractivity contribution in [2.24, 2.45) is 0 Å². The lowest BCUT2D eigenvalue weighted by Crippen LogP contribution is -2.28. The first-order chi connectivity index (χ1) is 11.7. The van der Waals surface area contributed by atoms with Crippen molar-refractivity contribution in [3.05, 3.63) is 83.7 Å². The zero-order valence-corrected chi connectivity index (χ0v) is 13.9. The number of halogens is 1. The van der Waals surface area contributed by atoms with Crippen LogP contribution in [-0.4, -0.2) is 22.1 Å². The third kappa shape index (κ3) is 3.69. The van der Waals surface area contributed by atoms with Gasteiger partial charge in [-0.05, 0) is 24.6 Å². The molecule has 0 aromatic heterocycles. The molecule has 0 aliphatic carbocycles. The number of allylic oxidation sites excluding steroid dienone is 3. The molecule has 2 aliphatic rings. The van der Waals surface area contributed by atoms with Crippen LogP contribution in [0.5, 0.6) is 0 Å². The van der Waals surface area contributed by atoms with E-state index in [1.807, 2.05) is 49.4 Å². The number of hydroxylamine groups is 2. The molecule has 1 aromatic rings. The smallest absolute Gasteiger partial charge is 0.315 e. The van der Waals surface area contributed by atoms with Gasteiger partial charge in [0.1, 0.15) is 0 Å². The lowest BCUT2D eigenvalue weighted by molar-refractivity contribution is -0.139. The highest BCUT2D eigenvalue weighted by Crippen LogP contribution is 2.31. The molecule has 0 amide bonds. The van der Waals surface area contributed by atoms with Crippen LogP contribution >= 0.6 is 11.8 Å². The number of esters is 1. The van der Waals surface area contributed by atoms with Crippen molar-refractivity contribution < 1.29 is 14.4 Å². The Hall–Kier alpha value is -2.50. The highest BCUT2D eigenvalue weighted by atomic mass is 35.5. The summed E-state index contributed by atoms with van der Waals surface area (Å²) < 4.78 is 6.89. The van der Waals surface area contributed by atoms with Crippen molar-refractivity contribution in [1.29, 1.82) is 0 Å². The van der Waals surface area contributed by atoms with Crippen molar-refractivity contribution >= 4 is 17.7 Å². The number of hydrogen-bond acceptors (Lipinski definition) is 5. The van der Waals surface area contributed by atoms with E-state index in [1.165, 1.54) is 4.42 Å². The van der Waals surface area contributed by atoms with Crippen LogP contribution in [0.15, 0.2) is 78.1 Å². The second kappa shape index (κ2) is 7.38. The Labute approximate surface area is 145 Å². The molecule has 24 heavy (non-hydrogen) atoms. The molecule has 3 rings (SSSR count). The molecular weight excluding hydrogens is 328 g/mol. The van der Waals surface area contributed by atoms with E-state index < -0.39 is 0 Å². The lowest BCUT2D eigenvalue weighted by Gasteiger charge is -2.31. The van der Waals surface area contributed by atoms with Crippen LogP contribution in [-0.2, 0) is 20.8 Å². The van der Waals surface area contributed by atoms with E-state index in [0.717, 1.165) is 11.3 Å². The first-order valence-corrected chi connectivity index (χ1v) is 7.95. The molecule has 0 saturated carbocycles. The van der Waals surface area contributed by atoms with Gasteiger partial charge in [0.15, 0.2) is 5.76 Å². The molecule has 0 fully saturated rings. The molecule has 124 valence electrons. The second-order valence-electron chi connectivity index (χ2n) is 5.15. The van der Waals surface area contributed by atoms with Gasteiger partial charge < -0.3 is 4.74 Å². The molecule has 0 N–H and O–H groups in total. The molecule has 0 unspecified atom stereocenters. The molecule has 0 saturated heterocycles. The largest absolute Gasteiger partial charge is 0.425 e. The molecule has 0 spiro atoms. The molecule has 2 aliphatic heterocycles. The number of fused-ring (bicyclic) bond motifs is 1. The van der Waals surface area contributed by atoms with E-state index in [9.17, 15) is 4.79 Å². The van der Waals surface area contributed by atoms with E-state index in [-0.39, 0.29) is 12.4 Å². The Bertz CT molecular complexity index is 738. The fourth-order valence-corrected chi connectivity index (χ4v) is 2.60. The number of hydrogen-bond donors (Lipinski definition) is 0. The number of rotatable bonds is 5. The van der Waals surface area contributed by atoms with Crippen LogP contribution in [0.2, 0.25) is 0 Å². The fourth-order valence-electron chi connectivity index (χ4n) is 2.40. The first-order valence-electron chi connectivity index (χ1n) is 7.61. The number of benzene rings is 1. The fraction of sp³-hybridized carbons (Fsp3) is 0.167. The van der Waals surface area contributed by atoms with Crippen LogP contribution in [0.4, 0.5) is 0 Å². The van der Waals surface area contributed by atoms with Crippen molar-refractivity contribution in [2.75, 3.05) is 6.61 Å². The van der Waals surface area contributed by atoms with E-state index >= 15 is 0 Å². The van der Waals surface area contributed by atoms with E-state index in [4.69, 9.17) is 21.4 Å². The summed E-state index contributed by atoms with van der Waals surface area (Å²) in [6.07, 6.45) is 8.93. The molecular formula is C18H17ClN2O3. The van der Waals surface area contributed by atoms with Gasteiger partial charge >= 0.3 is 5.97 Å². The number of nitrogens with zero attached hydrogens (tertiary/aromatic N) is 2. The minimum atomic E-state index is -0.347. The van der Waals surface area contributed by atoms with Gasteiger partial charge in [0, 0.05) is 24.1 Å². The zero-order valence-electron chi connectivity index (χ0n) is 13.2. The minimum Gasteiger partial charge on any atom is -0.425 e. The van der Waals surface area contributed by atoms with Crippen LogP contribution in [0.25, 0.3) is 0 Å². The summed E-state index contributed by atoms with van der Waals surface area (Å²) in [4.78, 5) is 17.7. The molecule has 6 heteroatoms. The van der Waals surface area contributed by atoms with Crippen LogP contribution in [0.3, 0.4) is 0 Å². The van der Waals surface area contributed by atoms with Crippen LogP contribution in [0.1, 0.15) is 12.5 Å². The quantitative estimate of drug-likeness (QED) is 0.602. The predicted molar refractivity (Wildman–Crippen MR) is 90.8 cm³/mol. The topological polar surface area (TPSA) is 42.0 Å². The normalized spacial score (nSPS) is 16.2. The highest BCUT2D eigenvalue weighted by Gasteiger charge is 2.25. The lowest BCUT2D eigenvalue weighted by atomic mass is 10.1. The summed E-state index contributed by atoms with van der Waals surface area (Å²) in [5.74, 6) is 0.0260. The first kappa shape index (κ1) is 16.4. The van der Waals surface area contributed by atoms with Crippen molar-refractivity contribution in [3.63, 3.8) is 0 Å². The van der Waals surface area contributed by atoms with Gasteiger partial charge in [-0.2, -0.15) is 0 Å².